The molecule has 0 N–H and O–H groups in total. The second-order valence-corrected chi connectivity index (χ2v) is 7.43. The van der Waals surface area contributed by atoms with E-state index in [1.54, 1.807) is 24.3 Å². The number of benzene rings is 2. The molecule has 0 atom stereocenters. The zero-order valence-corrected chi connectivity index (χ0v) is 22.3. The Balaban J connectivity index is 2.44. The molecule has 0 aliphatic carbocycles. The van der Waals surface area contributed by atoms with E-state index in [9.17, 15) is 9.59 Å². The van der Waals surface area contributed by atoms with Crippen molar-refractivity contribution in [2.75, 3.05) is 56.9 Å². The van der Waals surface area contributed by atoms with Gasteiger partial charge >= 0.3 is 11.9 Å². The molecule has 0 amide bonds. The number of nitrogens with zero attached hydrogens (tertiary/aromatic N) is 2. The first-order chi connectivity index (χ1) is 18.3. The highest BCUT2D eigenvalue weighted by atomic mass is 16.5. The van der Waals surface area contributed by atoms with Crippen molar-refractivity contribution in [1.29, 1.82) is 0 Å². The van der Waals surface area contributed by atoms with Crippen molar-refractivity contribution < 1.29 is 47.5 Å². The first-order valence-corrected chi connectivity index (χ1v) is 11.0. The molecule has 3 aromatic rings. The van der Waals surface area contributed by atoms with Crippen LogP contribution in [-0.2, 0) is 9.47 Å². The zero-order chi connectivity index (χ0) is 28.0. The first-order valence-electron chi connectivity index (χ1n) is 11.0. The van der Waals surface area contributed by atoms with E-state index in [4.69, 9.17) is 37.9 Å². The maximum atomic E-state index is 13.0. The summed E-state index contributed by atoms with van der Waals surface area (Å²) in [5, 5.41) is 0. The molecule has 38 heavy (non-hydrogen) atoms. The van der Waals surface area contributed by atoms with Gasteiger partial charge in [0.25, 0.3) is 0 Å². The van der Waals surface area contributed by atoms with Crippen molar-refractivity contribution in [2.24, 2.45) is 0 Å². The molecule has 202 valence electrons. The predicted molar refractivity (Wildman–Crippen MR) is 135 cm³/mol. The van der Waals surface area contributed by atoms with Gasteiger partial charge in [-0.1, -0.05) is 0 Å². The molecule has 0 fully saturated rings. The summed E-state index contributed by atoms with van der Waals surface area (Å²) in [5.41, 5.74) is 0.309. The van der Waals surface area contributed by atoms with E-state index < -0.39 is 11.9 Å². The molecule has 12 nitrogen and oxygen atoms in total. The van der Waals surface area contributed by atoms with Crippen LogP contribution < -0.4 is 28.4 Å². The van der Waals surface area contributed by atoms with E-state index in [2.05, 4.69) is 9.97 Å². The summed E-state index contributed by atoms with van der Waals surface area (Å²) in [5.74, 6) is 0.203. The second kappa shape index (κ2) is 12.0. The summed E-state index contributed by atoms with van der Waals surface area (Å²) in [6.45, 7) is 0. The summed E-state index contributed by atoms with van der Waals surface area (Å²) in [7, 11) is 11.1. The third kappa shape index (κ3) is 5.05. The molecule has 1 heterocycles. The van der Waals surface area contributed by atoms with E-state index >= 15 is 0 Å². The lowest BCUT2D eigenvalue weighted by Crippen LogP contribution is -2.16. The number of carbonyl (C=O) groups is 2. The molecule has 0 saturated carbocycles. The summed E-state index contributed by atoms with van der Waals surface area (Å²) >= 11 is 0. The Hall–Kier alpha value is -4.74. The molecule has 0 spiro atoms. The number of aromatic nitrogens is 2. The minimum absolute atomic E-state index is 0.00115. The van der Waals surface area contributed by atoms with E-state index in [1.807, 2.05) is 0 Å². The fraction of sp³-hybridized carbons (Fsp3) is 0.308. The molecule has 2 aromatic carbocycles. The van der Waals surface area contributed by atoms with E-state index in [-0.39, 0.29) is 34.3 Å². The minimum atomic E-state index is -0.824. The van der Waals surface area contributed by atoms with Crippen LogP contribution in [0.2, 0.25) is 0 Å². The normalized spacial score (nSPS) is 10.3. The van der Waals surface area contributed by atoms with Crippen molar-refractivity contribution in [2.45, 2.75) is 0 Å². The van der Waals surface area contributed by atoms with Gasteiger partial charge in [0.2, 0.25) is 11.5 Å². The van der Waals surface area contributed by atoms with Crippen molar-refractivity contribution in [3.63, 3.8) is 0 Å². The summed E-state index contributed by atoms with van der Waals surface area (Å²) in [6.07, 6.45) is 0. The van der Waals surface area contributed by atoms with Crippen LogP contribution in [0.5, 0.6) is 34.5 Å². The van der Waals surface area contributed by atoms with Crippen LogP contribution in [0.4, 0.5) is 0 Å². The molecular formula is C26H28N2O10. The molecule has 0 saturated heterocycles. The Labute approximate surface area is 219 Å². The van der Waals surface area contributed by atoms with Crippen LogP contribution in [0, 0.1) is 0 Å². The molecule has 3 rings (SSSR count). The summed E-state index contributed by atoms with van der Waals surface area (Å²) in [6, 6.07) is 6.27. The van der Waals surface area contributed by atoms with Crippen LogP contribution in [0.3, 0.4) is 0 Å². The van der Waals surface area contributed by atoms with E-state index in [0.717, 1.165) is 0 Å². The Morgan fingerprint density at radius 3 is 1.16 bits per heavy atom. The number of hydrogen-bond acceptors (Lipinski definition) is 12. The Morgan fingerprint density at radius 2 is 0.868 bits per heavy atom. The molecule has 0 radical (unpaired) electrons. The Bertz CT molecular complexity index is 1270. The fourth-order valence-electron chi connectivity index (χ4n) is 3.79. The molecule has 0 aliphatic rings. The van der Waals surface area contributed by atoms with Gasteiger partial charge in [-0.15, -0.1) is 0 Å². The zero-order valence-electron chi connectivity index (χ0n) is 22.3. The largest absolute Gasteiger partial charge is 0.493 e. The van der Waals surface area contributed by atoms with Gasteiger partial charge in [0.1, 0.15) is 0 Å². The van der Waals surface area contributed by atoms with E-state index in [0.29, 0.717) is 34.1 Å². The van der Waals surface area contributed by atoms with Crippen LogP contribution >= 0.6 is 0 Å². The van der Waals surface area contributed by atoms with E-state index in [1.165, 1.54) is 56.9 Å². The maximum Gasteiger partial charge on any atom is 0.357 e. The monoisotopic (exact) mass is 528 g/mol. The minimum Gasteiger partial charge on any atom is -0.493 e. The molecule has 1 aromatic heterocycles. The fourth-order valence-corrected chi connectivity index (χ4v) is 3.79. The molecule has 0 bridgehead atoms. The van der Waals surface area contributed by atoms with Gasteiger partial charge in [0.05, 0.1) is 56.9 Å². The van der Waals surface area contributed by atoms with Gasteiger partial charge < -0.3 is 37.9 Å². The Kier molecular flexibility index (Phi) is 8.79. The van der Waals surface area contributed by atoms with Gasteiger partial charge in [-0.05, 0) is 29.8 Å². The van der Waals surface area contributed by atoms with Crippen LogP contribution in [0.1, 0.15) is 21.0 Å². The number of rotatable bonds is 10. The average molecular weight is 529 g/mol. The highest BCUT2D eigenvalue weighted by molar-refractivity contribution is 6.04. The highest BCUT2D eigenvalue weighted by Gasteiger charge is 2.29. The van der Waals surface area contributed by atoms with Crippen LogP contribution in [0.15, 0.2) is 24.3 Å². The van der Waals surface area contributed by atoms with Gasteiger partial charge in [0, 0.05) is 11.1 Å². The van der Waals surface area contributed by atoms with Crippen molar-refractivity contribution >= 4 is 11.9 Å². The summed E-state index contributed by atoms with van der Waals surface area (Å²) in [4.78, 5) is 35.0. The van der Waals surface area contributed by atoms with Crippen LogP contribution in [-0.4, -0.2) is 78.8 Å². The number of methoxy groups -OCH3 is 8. The maximum absolute atomic E-state index is 13.0. The van der Waals surface area contributed by atoms with Crippen molar-refractivity contribution in [1.82, 2.24) is 9.97 Å². The number of hydrogen-bond donors (Lipinski definition) is 0. The number of carbonyl (C=O) groups excluding carboxylic acids is 2. The quantitative estimate of drug-likeness (QED) is 0.357. The van der Waals surface area contributed by atoms with Gasteiger partial charge in [0.15, 0.2) is 40.2 Å². The van der Waals surface area contributed by atoms with Gasteiger partial charge in [-0.3, -0.25) is 0 Å². The number of esters is 2. The lowest BCUT2D eigenvalue weighted by molar-refractivity contribution is 0.0592. The summed E-state index contributed by atoms with van der Waals surface area (Å²) < 4.78 is 42.5. The first kappa shape index (κ1) is 27.8. The standard InChI is InChI=1S/C26H28N2O10/c1-31-15-9-13(10-16(32-2)22(15)35-5)19-20(25(29)37-7)27-24(28-21(19)26(30)38-8)14-11-17(33-3)23(36-6)18(12-14)34-4/h9-12H,1-8H3. The Morgan fingerprint density at radius 1 is 0.526 bits per heavy atom. The van der Waals surface area contributed by atoms with Crippen molar-refractivity contribution in [3.05, 3.63) is 35.7 Å². The number of ether oxygens (including phenoxy) is 8. The third-order valence-corrected chi connectivity index (χ3v) is 5.54. The molecule has 12 heteroatoms. The highest BCUT2D eigenvalue weighted by Crippen LogP contribution is 2.44. The van der Waals surface area contributed by atoms with Crippen LogP contribution in [0.25, 0.3) is 22.5 Å². The lowest BCUT2D eigenvalue weighted by atomic mass is 9.99. The molecule has 0 aliphatic heterocycles. The smallest absolute Gasteiger partial charge is 0.357 e. The van der Waals surface area contributed by atoms with Gasteiger partial charge in [-0.25, -0.2) is 19.6 Å². The van der Waals surface area contributed by atoms with Gasteiger partial charge in [-0.2, -0.15) is 0 Å². The SMILES string of the molecule is COC(=O)c1nc(-c2cc(OC)c(OC)c(OC)c2)nc(C(=O)OC)c1-c1cc(OC)c(OC)c(OC)c1. The lowest BCUT2D eigenvalue weighted by Gasteiger charge is -2.18. The molecule has 0 unspecified atom stereocenters. The second-order valence-electron chi connectivity index (χ2n) is 7.43. The third-order valence-electron chi connectivity index (χ3n) is 5.54. The average Bonchev–Trinajstić information content (AvgIpc) is 2.97. The topological polar surface area (TPSA) is 134 Å². The predicted octanol–water partition coefficient (Wildman–Crippen LogP) is 3.44. The molecular weight excluding hydrogens is 500 g/mol. The van der Waals surface area contributed by atoms with Crippen molar-refractivity contribution in [3.8, 4) is 57.0 Å².